The second-order valence-electron chi connectivity index (χ2n) is 3.26. The molecule has 2 N–H and O–H groups in total. The molecule has 68 valence electrons. The molecule has 0 aromatic carbocycles. The number of H-pyrrole nitrogens is 1. The molecule has 0 aliphatic rings. The molecule has 0 saturated carbocycles. The summed E-state index contributed by atoms with van der Waals surface area (Å²) in [6.07, 6.45) is 1.04. The molecule has 1 rings (SSSR count). The van der Waals surface area contributed by atoms with Gasteiger partial charge in [-0.1, -0.05) is 13.8 Å². The molecule has 0 radical (unpaired) electrons. The van der Waals surface area contributed by atoms with Gasteiger partial charge >= 0.3 is 0 Å². The molecule has 5 heteroatoms. The Labute approximate surface area is 71.9 Å². The summed E-state index contributed by atoms with van der Waals surface area (Å²) in [7, 11) is 1.91. The molecule has 1 aromatic heterocycles. The van der Waals surface area contributed by atoms with E-state index in [4.69, 9.17) is 0 Å². The van der Waals surface area contributed by atoms with Crippen molar-refractivity contribution in [2.24, 2.45) is 5.92 Å². The van der Waals surface area contributed by atoms with Crippen LogP contribution in [0.1, 0.15) is 32.1 Å². The summed E-state index contributed by atoms with van der Waals surface area (Å²) in [6, 6.07) is 0.236. The van der Waals surface area contributed by atoms with E-state index in [9.17, 15) is 0 Å². The zero-order valence-corrected chi connectivity index (χ0v) is 7.70. The van der Waals surface area contributed by atoms with Gasteiger partial charge in [-0.2, -0.15) is 0 Å². The van der Waals surface area contributed by atoms with Gasteiger partial charge in [0, 0.05) is 0 Å². The predicted molar refractivity (Wildman–Crippen MR) is 45.4 cm³/mol. The lowest BCUT2D eigenvalue weighted by Gasteiger charge is -2.14. The van der Waals surface area contributed by atoms with Gasteiger partial charge in [-0.3, -0.25) is 0 Å². The first-order valence-electron chi connectivity index (χ1n) is 4.15. The van der Waals surface area contributed by atoms with E-state index in [0.29, 0.717) is 5.92 Å². The quantitative estimate of drug-likeness (QED) is 0.689. The van der Waals surface area contributed by atoms with Crippen LogP contribution in [0.5, 0.6) is 0 Å². The average Bonchev–Trinajstić information content (AvgIpc) is 2.51. The van der Waals surface area contributed by atoms with Gasteiger partial charge in [0.1, 0.15) is 0 Å². The molecule has 0 amide bonds. The van der Waals surface area contributed by atoms with Crippen LogP contribution in [0.25, 0.3) is 0 Å². The summed E-state index contributed by atoms with van der Waals surface area (Å²) in [5, 5.41) is 16.9. The molecule has 12 heavy (non-hydrogen) atoms. The maximum Gasteiger partial charge on any atom is 0.165 e. The van der Waals surface area contributed by atoms with E-state index in [2.05, 4.69) is 39.8 Å². The molecule has 1 aromatic rings. The lowest BCUT2D eigenvalue weighted by atomic mass is 10.0. The van der Waals surface area contributed by atoms with Crippen molar-refractivity contribution in [3.63, 3.8) is 0 Å². The van der Waals surface area contributed by atoms with Crippen LogP contribution in [0.4, 0.5) is 0 Å². The van der Waals surface area contributed by atoms with Crippen molar-refractivity contribution in [2.75, 3.05) is 7.05 Å². The third-order valence-electron chi connectivity index (χ3n) is 1.75. The van der Waals surface area contributed by atoms with Gasteiger partial charge in [0.15, 0.2) is 5.82 Å². The van der Waals surface area contributed by atoms with Crippen LogP contribution in [-0.2, 0) is 0 Å². The fourth-order valence-corrected chi connectivity index (χ4v) is 1.15. The fraction of sp³-hybridized carbons (Fsp3) is 0.857. The van der Waals surface area contributed by atoms with Crippen molar-refractivity contribution in [1.82, 2.24) is 25.9 Å². The van der Waals surface area contributed by atoms with Crippen LogP contribution in [-0.4, -0.2) is 27.7 Å². The Hall–Kier alpha value is -0.970. The van der Waals surface area contributed by atoms with Gasteiger partial charge in [-0.15, -0.1) is 5.10 Å². The Bertz CT molecular complexity index is 206. The minimum Gasteiger partial charge on any atom is -0.310 e. The van der Waals surface area contributed by atoms with Crippen LogP contribution in [0, 0.1) is 5.92 Å². The van der Waals surface area contributed by atoms with Crippen LogP contribution >= 0.6 is 0 Å². The molecular formula is C7H15N5. The number of tetrazole rings is 1. The van der Waals surface area contributed by atoms with Gasteiger partial charge in [-0.25, -0.2) is 5.10 Å². The molecular weight excluding hydrogens is 154 g/mol. The number of rotatable bonds is 4. The van der Waals surface area contributed by atoms with Crippen molar-refractivity contribution in [3.05, 3.63) is 5.82 Å². The van der Waals surface area contributed by atoms with Crippen molar-refractivity contribution in [2.45, 2.75) is 26.3 Å². The van der Waals surface area contributed by atoms with Gasteiger partial charge in [0.25, 0.3) is 0 Å². The summed E-state index contributed by atoms with van der Waals surface area (Å²) in [5.41, 5.74) is 0. The molecule has 0 aliphatic heterocycles. The first kappa shape index (κ1) is 9.12. The lowest BCUT2D eigenvalue weighted by molar-refractivity contribution is 0.440. The summed E-state index contributed by atoms with van der Waals surface area (Å²) in [6.45, 7) is 4.35. The van der Waals surface area contributed by atoms with Crippen LogP contribution in [0.15, 0.2) is 0 Å². The first-order valence-corrected chi connectivity index (χ1v) is 4.15. The minimum absolute atomic E-state index is 0.236. The number of aromatic amines is 1. The molecule has 1 unspecified atom stereocenters. The first-order chi connectivity index (χ1) is 5.74. The molecule has 0 saturated heterocycles. The summed E-state index contributed by atoms with van der Waals surface area (Å²) >= 11 is 0. The second kappa shape index (κ2) is 4.15. The smallest absolute Gasteiger partial charge is 0.165 e. The molecule has 1 atom stereocenters. The third-order valence-corrected chi connectivity index (χ3v) is 1.75. The van der Waals surface area contributed by atoms with Gasteiger partial charge < -0.3 is 5.32 Å². The predicted octanol–water partition coefficient (Wildman–Crippen LogP) is 0.506. The van der Waals surface area contributed by atoms with Crippen LogP contribution in [0.3, 0.4) is 0 Å². The molecule has 5 nitrogen and oxygen atoms in total. The average molecular weight is 169 g/mol. The highest BCUT2D eigenvalue weighted by Crippen LogP contribution is 2.15. The van der Waals surface area contributed by atoms with Gasteiger partial charge in [0.05, 0.1) is 6.04 Å². The number of nitrogens with zero attached hydrogens (tertiary/aromatic N) is 3. The number of hydrogen-bond donors (Lipinski definition) is 2. The Morgan fingerprint density at radius 2 is 2.25 bits per heavy atom. The lowest BCUT2D eigenvalue weighted by Crippen LogP contribution is -2.19. The van der Waals surface area contributed by atoms with Crippen molar-refractivity contribution < 1.29 is 0 Å². The van der Waals surface area contributed by atoms with E-state index in [1.807, 2.05) is 7.05 Å². The van der Waals surface area contributed by atoms with E-state index in [1.54, 1.807) is 0 Å². The second-order valence-corrected chi connectivity index (χ2v) is 3.26. The Kier molecular flexibility index (Phi) is 3.16. The van der Waals surface area contributed by atoms with Crippen LogP contribution in [0.2, 0.25) is 0 Å². The summed E-state index contributed by atoms with van der Waals surface area (Å²) < 4.78 is 0. The third kappa shape index (κ3) is 2.27. The summed E-state index contributed by atoms with van der Waals surface area (Å²) in [5.74, 6) is 1.44. The zero-order chi connectivity index (χ0) is 8.97. The number of aromatic nitrogens is 4. The standard InChI is InChI=1S/C7H15N5/c1-5(2)4-6(8-3)7-9-11-12-10-7/h5-6,8H,4H2,1-3H3,(H,9,10,11,12). The van der Waals surface area contributed by atoms with Gasteiger partial charge in [0.2, 0.25) is 0 Å². The molecule has 1 heterocycles. The normalized spacial score (nSPS) is 13.7. The van der Waals surface area contributed by atoms with E-state index in [-0.39, 0.29) is 6.04 Å². The number of nitrogens with one attached hydrogen (secondary N) is 2. The van der Waals surface area contributed by atoms with Crippen molar-refractivity contribution in [3.8, 4) is 0 Å². The zero-order valence-electron chi connectivity index (χ0n) is 7.70. The Morgan fingerprint density at radius 3 is 2.67 bits per heavy atom. The van der Waals surface area contributed by atoms with Crippen molar-refractivity contribution >= 4 is 0 Å². The van der Waals surface area contributed by atoms with E-state index < -0.39 is 0 Å². The summed E-state index contributed by atoms with van der Waals surface area (Å²) in [4.78, 5) is 0. The highest BCUT2D eigenvalue weighted by molar-refractivity contribution is 4.88. The van der Waals surface area contributed by atoms with Crippen molar-refractivity contribution in [1.29, 1.82) is 0 Å². The minimum atomic E-state index is 0.236. The largest absolute Gasteiger partial charge is 0.310 e. The Balaban J connectivity index is 2.57. The molecule has 0 fully saturated rings. The van der Waals surface area contributed by atoms with Gasteiger partial charge in [-0.05, 0) is 29.8 Å². The monoisotopic (exact) mass is 169 g/mol. The maximum absolute atomic E-state index is 3.86. The Morgan fingerprint density at radius 1 is 1.50 bits per heavy atom. The molecule has 0 spiro atoms. The van der Waals surface area contributed by atoms with Crippen LogP contribution < -0.4 is 5.32 Å². The number of hydrogen-bond acceptors (Lipinski definition) is 4. The fourth-order valence-electron chi connectivity index (χ4n) is 1.15. The van der Waals surface area contributed by atoms with E-state index >= 15 is 0 Å². The maximum atomic E-state index is 3.86. The highest BCUT2D eigenvalue weighted by Gasteiger charge is 2.13. The molecule has 0 bridgehead atoms. The molecule has 0 aliphatic carbocycles. The van der Waals surface area contributed by atoms with E-state index in [0.717, 1.165) is 12.2 Å². The topological polar surface area (TPSA) is 66.5 Å². The highest BCUT2D eigenvalue weighted by atomic mass is 15.5. The SMILES string of the molecule is CNC(CC(C)C)c1nnn[nH]1. The van der Waals surface area contributed by atoms with E-state index in [1.165, 1.54) is 0 Å².